The van der Waals surface area contributed by atoms with E-state index in [1.165, 1.54) is 4.90 Å². The van der Waals surface area contributed by atoms with Crippen molar-refractivity contribution < 1.29 is 14.7 Å². The molecule has 1 amide bonds. The smallest absolute Gasteiger partial charge is 0.326 e. The molecule has 1 N–H and O–H groups in total. The second kappa shape index (κ2) is 5.28. The van der Waals surface area contributed by atoms with Crippen LogP contribution < -0.4 is 0 Å². The predicted octanol–water partition coefficient (Wildman–Crippen LogP) is 2.79. The average Bonchev–Trinajstić information content (AvgIpc) is 2.80. The molecule has 0 unspecified atom stereocenters. The third-order valence-corrected chi connectivity index (χ3v) is 3.88. The van der Waals surface area contributed by atoms with Gasteiger partial charge in [-0.2, -0.15) is 0 Å². The molecule has 1 saturated heterocycles. The Bertz CT molecular complexity index is 506. The van der Waals surface area contributed by atoms with Gasteiger partial charge in [0.05, 0.1) is 5.56 Å². The molecule has 1 atom stereocenters. The highest BCUT2D eigenvalue weighted by Gasteiger charge is 2.34. The van der Waals surface area contributed by atoms with E-state index in [2.05, 4.69) is 15.9 Å². The third-order valence-electron chi connectivity index (χ3n) is 2.96. The van der Waals surface area contributed by atoms with E-state index in [1.807, 2.05) is 0 Å². The molecule has 1 fully saturated rings. The summed E-state index contributed by atoms with van der Waals surface area (Å²) >= 11 is 9.14. The van der Waals surface area contributed by atoms with E-state index < -0.39 is 12.0 Å². The fourth-order valence-electron chi connectivity index (χ4n) is 2.08. The quantitative estimate of drug-likeness (QED) is 0.906. The summed E-state index contributed by atoms with van der Waals surface area (Å²) < 4.78 is 0.618. The topological polar surface area (TPSA) is 57.6 Å². The maximum absolute atomic E-state index is 12.3. The fourth-order valence-corrected chi connectivity index (χ4v) is 2.67. The predicted molar refractivity (Wildman–Crippen MR) is 70.8 cm³/mol. The molecule has 96 valence electrons. The highest BCUT2D eigenvalue weighted by molar-refractivity contribution is 9.10. The van der Waals surface area contributed by atoms with Crippen LogP contribution in [0.15, 0.2) is 22.7 Å². The molecule has 1 aromatic carbocycles. The van der Waals surface area contributed by atoms with E-state index in [0.29, 0.717) is 34.4 Å². The third kappa shape index (κ3) is 2.52. The van der Waals surface area contributed by atoms with Gasteiger partial charge in [-0.25, -0.2) is 4.79 Å². The largest absolute Gasteiger partial charge is 0.480 e. The Kier molecular flexibility index (Phi) is 3.92. The summed E-state index contributed by atoms with van der Waals surface area (Å²) in [4.78, 5) is 24.8. The number of halogens is 2. The number of carbonyl (C=O) groups excluding carboxylic acids is 1. The van der Waals surface area contributed by atoms with Gasteiger partial charge in [-0.3, -0.25) is 4.79 Å². The van der Waals surface area contributed by atoms with E-state index >= 15 is 0 Å². The summed E-state index contributed by atoms with van der Waals surface area (Å²) in [5, 5.41) is 9.52. The van der Waals surface area contributed by atoms with Crippen LogP contribution >= 0.6 is 27.5 Å². The molecule has 0 aromatic heterocycles. The Hall–Kier alpha value is -1.07. The standard InChI is InChI=1S/C12H11BrClNO3/c13-9-4-3-7(14)6-8(9)11(16)15-5-1-2-10(15)12(17)18/h3-4,6,10H,1-2,5H2,(H,17,18)/t10-/m0/s1. The van der Waals surface area contributed by atoms with Crippen LogP contribution in [0.25, 0.3) is 0 Å². The van der Waals surface area contributed by atoms with Crippen LogP contribution in [0.3, 0.4) is 0 Å². The molecule has 18 heavy (non-hydrogen) atoms. The minimum absolute atomic E-state index is 0.297. The molecule has 0 saturated carbocycles. The SMILES string of the molecule is O=C(O)[C@@H]1CCCN1C(=O)c1cc(Cl)ccc1Br. The van der Waals surface area contributed by atoms with Crippen molar-refractivity contribution in [2.45, 2.75) is 18.9 Å². The van der Waals surface area contributed by atoms with Crippen LogP contribution in [-0.2, 0) is 4.79 Å². The molecule has 1 heterocycles. The number of hydrogen-bond acceptors (Lipinski definition) is 2. The number of carbonyl (C=O) groups is 2. The van der Waals surface area contributed by atoms with Crippen molar-refractivity contribution in [3.63, 3.8) is 0 Å². The summed E-state index contributed by atoms with van der Waals surface area (Å²) in [6, 6.07) is 4.16. The second-order valence-corrected chi connectivity index (χ2v) is 5.41. The van der Waals surface area contributed by atoms with Crippen LogP contribution in [0.2, 0.25) is 5.02 Å². The Labute approximate surface area is 118 Å². The fraction of sp³-hybridized carbons (Fsp3) is 0.333. The molecule has 4 nitrogen and oxygen atoms in total. The minimum Gasteiger partial charge on any atom is -0.480 e. The van der Waals surface area contributed by atoms with E-state index in [0.717, 1.165) is 0 Å². The highest BCUT2D eigenvalue weighted by Crippen LogP contribution is 2.26. The molecule has 6 heteroatoms. The Balaban J connectivity index is 2.31. The lowest BCUT2D eigenvalue weighted by atomic mass is 10.1. The van der Waals surface area contributed by atoms with E-state index in [-0.39, 0.29) is 5.91 Å². The van der Waals surface area contributed by atoms with Crippen LogP contribution in [-0.4, -0.2) is 34.5 Å². The molecule has 0 bridgehead atoms. The normalized spacial score (nSPS) is 19.0. The molecule has 1 aliphatic rings. The number of rotatable bonds is 2. The molecule has 0 radical (unpaired) electrons. The van der Waals surface area contributed by atoms with Gasteiger partial charge in [0.2, 0.25) is 0 Å². The highest BCUT2D eigenvalue weighted by atomic mass is 79.9. The van der Waals surface area contributed by atoms with Gasteiger partial charge in [-0.05, 0) is 47.0 Å². The lowest BCUT2D eigenvalue weighted by Crippen LogP contribution is -2.40. The Morgan fingerprint density at radius 1 is 1.44 bits per heavy atom. The maximum Gasteiger partial charge on any atom is 0.326 e. The maximum atomic E-state index is 12.3. The zero-order chi connectivity index (χ0) is 13.3. The number of nitrogens with zero attached hydrogens (tertiary/aromatic N) is 1. The van der Waals surface area contributed by atoms with E-state index in [9.17, 15) is 9.59 Å². The lowest BCUT2D eigenvalue weighted by molar-refractivity contribution is -0.141. The zero-order valence-corrected chi connectivity index (χ0v) is 11.7. The molecule has 2 rings (SSSR count). The van der Waals surface area contributed by atoms with Gasteiger partial charge in [0.25, 0.3) is 5.91 Å². The van der Waals surface area contributed by atoms with Crippen molar-refractivity contribution in [1.82, 2.24) is 4.90 Å². The average molecular weight is 333 g/mol. The summed E-state index contributed by atoms with van der Waals surface area (Å²) in [7, 11) is 0. The van der Waals surface area contributed by atoms with Crippen LogP contribution in [0.1, 0.15) is 23.2 Å². The molecule has 1 aliphatic heterocycles. The van der Waals surface area contributed by atoms with Crippen molar-refractivity contribution in [2.24, 2.45) is 0 Å². The minimum atomic E-state index is -0.959. The van der Waals surface area contributed by atoms with Crippen LogP contribution in [0.4, 0.5) is 0 Å². The van der Waals surface area contributed by atoms with Gasteiger partial charge in [-0.15, -0.1) is 0 Å². The summed E-state index contributed by atoms with van der Waals surface area (Å²) in [6.45, 7) is 0.467. The Morgan fingerprint density at radius 2 is 2.17 bits per heavy atom. The Morgan fingerprint density at radius 3 is 2.83 bits per heavy atom. The molecule has 0 spiro atoms. The lowest BCUT2D eigenvalue weighted by Gasteiger charge is -2.22. The first-order valence-electron chi connectivity index (χ1n) is 5.49. The molecular weight excluding hydrogens is 321 g/mol. The van der Waals surface area contributed by atoms with Crippen molar-refractivity contribution in [1.29, 1.82) is 0 Å². The molecular formula is C12H11BrClNO3. The van der Waals surface area contributed by atoms with Gasteiger partial charge in [0, 0.05) is 16.0 Å². The number of amides is 1. The zero-order valence-electron chi connectivity index (χ0n) is 9.40. The van der Waals surface area contributed by atoms with Gasteiger partial charge in [0.15, 0.2) is 0 Å². The number of likely N-dealkylation sites (tertiary alicyclic amines) is 1. The van der Waals surface area contributed by atoms with E-state index in [4.69, 9.17) is 16.7 Å². The number of carboxylic acid groups (broad SMARTS) is 1. The van der Waals surface area contributed by atoms with Crippen molar-refractivity contribution in [3.05, 3.63) is 33.3 Å². The second-order valence-electron chi connectivity index (χ2n) is 4.12. The van der Waals surface area contributed by atoms with Gasteiger partial charge in [0.1, 0.15) is 6.04 Å². The van der Waals surface area contributed by atoms with Crippen molar-refractivity contribution in [3.8, 4) is 0 Å². The number of benzene rings is 1. The first kappa shape index (κ1) is 13.4. The summed E-state index contributed by atoms with van der Waals surface area (Å²) in [5.74, 6) is -1.26. The summed E-state index contributed by atoms with van der Waals surface area (Å²) in [6.07, 6.45) is 1.21. The first-order chi connectivity index (χ1) is 8.50. The number of hydrogen-bond donors (Lipinski definition) is 1. The monoisotopic (exact) mass is 331 g/mol. The van der Waals surface area contributed by atoms with Crippen LogP contribution in [0, 0.1) is 0 Å². The van der Waals surface area contributed by atoms with Gasteiger partial charge < -0.3 is 10.0 Å². The van der Waals surface area contributed by atoms with Gasteiger partial charge in [-0.1, -0.05) is 11.6 Å². The molecule has 0 aliphatic carbocycles. The van der Waals surface area contributed by atoms with Gasteiger partial charge >= 0.3 is 5.97 Å². The number of carboxylic acids is 1. The van der Waals surface area contributed by atoms with Crippen molar-refractivity contribution in [2.75, 3.05) is 6.54 Å². The number of aliphatic carboxylic acids is 1. The van der Waals surface area contributed by atoms with Crippen LogP contribution in [0.5, 0.6) is 0 Å². The van der Waals surface area contributed by atoms with E-state index in [1.54, 1.807) is 18.2 Å². The van der Waals surface area contributed by atoms with Crippen molar-refractivity contribution >= 4 is 39.4 Å². The first-order valence-corrected chi connectivity index (χ1v) is 6.66. The molecule has 1 aromatic rings. The summed E-state index contributed by atoms with van der Waals surface area (Å²) in [5.41, 5.74) is 0.399.